The maximum absolute atomic E-state index is 6.70. The Labute approximate surface area is 188 Å². The third-order valence-electron chi connectivity index (χ3n) is 6.42. The predicted molar refractivity (Wildman–Crippen MR) is 126 cm³/mol. The van der Waals surface area contributed by atoms with Gasteiger partial charge in [0.2, 0.25) is 0 Å². The Morgan fingerprint density at radius 1 is 1.22 bits per heavy atom. The molecule has 1 aromatic heterocycles. The summed E-state index contributed by atoms with van der Waals surface area (Å²) in [4.78, 5) is 7.36. The number of likely N-dealkylation sites (tertiary alicyclic amines) is 1. The van der Waals surface area contributed by atoms with Gasteiger partial charge in [0.1, 0.15) is 5.84 Å². The normalized spacial score (nSPS) is 22.8. The average molecular weight is 440 g/mol. The number of benzene rings is 1. The van der Waals surface area contributed by atoms with Gasteiger partial charge in [-0.05, 0) is 58.2 Å². The second-order valence-corrected chi connectivity index (χ2v) is 9.05. The highest BCUT2D eigenvalue weighted by Gasteiger charge is 2.45. The number of aryl methyl sites for hydroxylation is 1. The minimum Gasteiger partial charge on any atom is -0.493 e. The lowest BCUT2D eigenvalue weighted by Crippen LogP contribution is -2.52. The van der Waals surface area contributed by atoms with E-state index in [2.05, 4.69) is 25.7 Å². The zero-order chi connectivity index (χ0) is 22.1. The van der Waals surface area contributed by atoms with Gasteiger partial charge >= 0.3 is 0 Å². The number of aliphatic imine (C=N–C) groups is 1. The van der Waals surface area contributed by atoms with Crippen LogP contribution in [0.1, 0.15) is 43.4 Å². The lowest BCUT2D eigenvalue weighted by Gasteiger charge is -2.34. The van der Waals surface area contributed by atoms with Crippen molar-refractivity contribution < 1.29 is 9.47 Å². The number of nitrogens with zero attached hydrogens (tertiary/aromatic N) is 3. The zero-order valence-electron chi connectivity index (χ0n) is 18.9. The molecule has 9 heteroatoms. The fourth-order valence-corrected chi connectivity index (χ4v) is 4.51. The van der Waals surface area contributed by atoms with E-state index < -0.39 is 5.79 Å². The first kappa shape index (κ1) is 21.1. The number of hydrogen-bond acceptors (Lipinski definition) is 8. The highest BCUT2D eigenvalue weighted by Crippen LogP contribution is 2.44. The van der Waals surface area contributed by atoms with Crippen LogP contribution in [-0.4, -0.2) is 60.1 Å². The van der Waals surface area contributed by atoms with Crippen molar-refractivity contribution in [2.24, 2.45) is 16.6 Å². The zero-order valence-corrected chi connectivity index (χ0v) is 18.9. The largest absolute Gasteiger partial charge is 0.493 e. The maximum Gasteiger partial charge on any atom is 0.187 e. The molecule has 0 bridgehead atoms. The summed E-state index contributed by atoms with van der Waals surface area (Å²) in [6.07, 6.45) is 5.73. The van der Waals surface area contributed by atoms with Crippen molar-refractivity contribution >= 4 is 17.3 Å². The summed E-state index contributed by atoms with van der Waals surface area (Å²) in [5, 5.41) is 14.0. The van der Waals surface area contributed by atoms with Crippen LogP contribution in [0.3, 0.4) is 0 Å². The van der Waals surface area contributed by atoms with Crippen LogP contribution in [0.2, 0.25) is 0 Å². The first-order valence-electron chi connectivity index (χ1n) is 11.6. The lowest BCUT2D eigenvalue weighted by atomic mass is 10.0. The Morgan fingerprint density at radius 2 is 2.03 bits per heavy atom. The topological polar surface area (TPSA) is 113 Å². The number of aromatic amines is 1. The number of rotatable bonds is 8. The molecule has 32 heavy (non-hydrogen) atoms. The number of hydrogen-bond donors (Lipinski definition) is 4. The number of aromatic nitrogens is 2. The molecule has 0 amide bonds. The van der Waals surface area contributed by atoms with Crippen LogP contribution in [0.4, 0.5) is 11.5 Å². The molecule has 2 aliphatic heterocycles. The van der Waals surface area contributed by atoms with Gasteiger partial charge < -0.3 is 25.0 Å². The summed E-state index contributed by atoms with van der Waals surface area (Å²) in [5.74, 6) is 2.24. The number of H-pyrrole nitrogens is 1. The smallest absolute Gasteiger partial charge is 0.187 e. The number of methoxy groups -OCH3 is 1. The van der Waals surface area contributed by atoms with Crippen LogP contribution in [-0.2, 0) is 0 Å². The third kappa shape index (κ3) is 4.40. The quantitative estimate of drug-likeness (QED) is 0.468. The maximum atomic E-state index is 6.70. The van der Waals surface area contributed by atoms with E-state index in [9.17, 15) is 0 Å². The minimum atomic E-state index is -0.845. The van der Waals surface area contributed by atoms with Gasteiger partial charge in [0.05, 0.1) is 19.4 Å². The van der Waals surface area contributed by atoms with E-state index in [-0.39, 0.29) is 0 Å². The molecule has 1 unspecified atom stereocenters. The van der Waals surface area contributed by atoms with Crippen molar-refractivity contribution in [3.63, 3.8) is 0 Å². The van der Waals surface area contributed by atoms with Crippen molar-refractivity contribution in [3.05, 3.63) is 29.5 Å². The van der Waals surface area contributed by atoms with Gasteiger partial charge in [0, 0.05) is 35.9 Å². The van der Waals surface area contributed by atoms with Crippen molar-refractivity contribution in [2.45, 2.75) is 44.8 Å². The second-order valence-electron chi connectivity index (χ2n) is 9.05. The fourth-order valence-electron chi connectivity index (χ4n) is 4.51. The molecular formula is C23H33N7O2. The predicted octanol–water partition coefficient (Wildman–Crippen LogP) is 2.90. The van der Waals surface area contributed by atoms with Crippen LogP contribution in [0.15, 0.2) is 23.2 Å². The van der Waals surface area contributed by atoms with Gasteiger partial charge in [-0.25, -0.2) is 4.99 Å². The van der Waals surface area contributed by atoms with Crippen LogP contribution >= 0.6 is 0 Å². The number of nitrogens with two attached hydrogens (primary N) is 1. The monoisotopic (exact) mass is 439 g/mol. The highest BCUT2D eigenvalue weighted by atomic mass is 16.5. The number of anilines is 2. The summed E-state index contributed by atoms with van der Waals surface area (Å²) < 4.78 is 11.8. The molecule has 1 aliphatic carbocycles. The Kier molecular flexibility index (Phi) is 5.69. The standard InChI is InChI=1S/C23H33N7O2/c1-15-12-21(29-28-15)25-22-17-13-19(31-2)20(32-11-5-10-30-8-3-4-9-30)14-18(17)26-23(24,27-22)16-6-7-16/h12-14,16,26H,3-11,24H2,1-2H3,(H2,25,27,28,29). The summed E-state index contributed by atoms with van der Waals surface area (Å²) >= 11 is 0. The van der Waals surface area contributed by atoms with Crippen LogP contribution in [0, 0.1) is 12.8 Å². The molecule has 1 aromatic carbocycles. The fraction of sp³-hybridized carbons (Fsp3) is 0.565. The van der Waals surface area contributed by atoms with E-state index in [1.54, 1.807) is 7.11 Å². The number of nitrogens with one attached hydrogen (secondary N) is 3. The molecule has 9 nitrogen and oxygen atoms in total. The Balaban J connectivity index is 1.37. The van der Waals surface area contributed by atoms with E-state index >= 15 is 0 Å². The molecule has 1 saturated heterocycles. The molecular weight excluding hydrogens is 406 g/mol. The molecule has 5 N–H and O–H groups in total. The first-order chi connectivity index (χ1) is 15.5. The molecule has 3 aliphatic rings. The van der Waals surface area contributed by atoms with Crippen molar-refractivity contribution in [3.8, 4) is 11.5 Å². The minimum absolute atomic E-state index is 0.306. The molecule has 1 atom stereocenters. The molecule has 0 spiro atoms. The molecule has 0 radical (unpaired) electrons. The van der Waals surface area contributed by atoms with E-state index in [0.29, 0.717) is 29.9 Å². The SMILES string of the molecule is COc1cc2c(cc1OCCCN1CCCC1)NC(N)(C1CC1)N=C2Nc1cc(C)[nH]n1. The summed E-state index contributed by atoms with van der Waals surface area (Å²) in [5.41, 5.74) is 9.44. The number of fused-ring (bicyclic) bond motifs is 1. The van der Waals surface area contributed by atoms with Crippen molar-refractivity contribution in [1.82, 2.24) is 15.1 Å². The molecule has 2 aromatic rings. The lowest BCUT2D eigenvalue weighted by molar-refractivity contribution is 0.254. The van der Waals surface area contributed by atoms with Gasteiger partial charge in [0.15, 0.2) is 23.1 Å². The first-order valence-corrected chi connectivity index (χ1v) is 11.6. The van der Waals surface area contributed by atoms with Gasteiger partial charge in [-0.3, -0.25) is 10.8 Å². The van der Waals surface area contributed by atoms with Crippen molar-refractivity contribution in [2.75, 3.05) is 44.0 Å². The summed E-state index contributed by atoms with van der Waals surface area (Å²) in [6.45, 7) is 6.09. The van der Waals surface area contributed by atoms with Crippen LogP contribution in [0.25, 0.3) is 0 Å². The van der Waals surface area contributed by atoms with Crippen LogP contribution in [0.5, 0.6) is 11.5 Å². The van der Waals surface area contributed by atoms with E-state index in [1.165, 1.54) is 25.9 Å². The van der Waals surface area contributed by atoms with E-state index in [1.807, 2.05) is 25.1 Å². The number of ether oxygens (including phenoxy) is 2. The molecule has 172 valence electrons. The summed E-state index contributed by atoms with van der Waals surface area (Å²) in [7, 11) is 1.66. The molecule has 3 heterocycles. The Hall–Kier alpha value is -2.78. The van der Waals surface area contributed by atoms with Crippen LogP contribution < -0.4 is 25.8 Å². The average Bonchev–Trinajstić information content (AvgIpc) is 3.38. The van der Waals surface area contributed by atoms with E-state index in [4.69, 9.17) is 20.2 Å². The molecule has 1 saturated carbocycles. The highest BCUT2D eigenvalue weighted by molar-refractivity contribution is 6.13. The van der Waals surface area contributed by atoms with Gasteiger partial charge in [0.25, 0.3) is 0 Å². The van der Waals surface area contributed by atoms with Gasteiger partial charge in [-0.1, -0.05) is 0 Å². The third-order valence-corrected chi connectivity index (χ3v) is 6.42. The second kappa shape index (κ2) is 8.63. The molecule has 5 rings (SSSR count). The van der Waals surface area contributed by atoms with Gasteiger partial charge in [-0.15, -0.1) is 0 Å². The Bertz CT molecular complexity index is 994. The van der Waals surface area contributed by atoms with E-state index in [0.717, 1.165) is 48.5 Å². The summed E-state index contributed by atoms with van der Waals surface area (Å²) in [6, 6.07) is 5.88. The van der Waals surface area contributed by atoms with Crippen molar-refractivity contribution in [1.29, 1.82) is 0 Å². The Morgan fingerprint density at radius 3 is 2.72 bits per heavy atom. The number of amidine groups is 1. The molecule has 2 fully saturated rings. The van der Waals surface area contributed by atoms with Gasteiger partial charge in [-0.2, -0.15) is 5.10 Å².